The Labute approximate surface area is 122 Å². The zero-order valence-electron chi connectivity index (χ0n) is 12.9. The molecule has 0 aliphatic carbocycles. The number of amides is 1. The van der Waals surface area contributed by atoms with Gasteiger partial charge in [-0.05, 0) is 50.4 Å². The van der Waals surface area contributed by atoms with Gasteiger partial charge in [0.05, 0.1) is 5.41 Å². The van der Waals surface area contributed by atoms with Crippen molar-refractivity contribution in [3.05, 3.63) is 29.8 Å². The van der Waals surface area contributed by atoms with Crippen molar-refractivity contribution < 1.29 is 4.79 Å². The molecule has 1 aliphatic heterocycles. The molecule has 1 saturated heterocycles. The fraction of sp³-hybridized carbons (Fsp3) is 0.588. The summed E-state index contributed by atoms with van der Waals surface area (Å²) < 4.78 is 0. The van der Waals surface area contributed by atoms with Crippen LogP contribution in [0.4, 0.5) is 5.69 Å². The van der Waals surface area contributed by atoms with Crippen LogP contribution in [-0.2, 0) is 4.79 Å². The van der Waals surface area contributed by atoms with Crippen LogP contribution in [0.5, 0.6) is 0 Å². The highest BCUT2D eigenvalue weighted by molar-refractivity contribution is 5.97. The van der Waals surface area contributed by atoms with Crippen LogP contribution in [-0.4, -0.2) is 26.0 Å². The Bertz CT molecular complexity index is 458. The lowest BCUT2D eigenvalue weighted by atomic mass is 9.75. The minimum Gasteiger partial charge on any atom is -0.316 e. The third-order valence-corrected chi connectivity index (χ3v) is 4.35. The predicted molar refractivity (Wildman–Crippen MR) is 84.0 cm³/mol. The van der Waals surface area contributed by atoms with Crippen LogP contribution >= 0.6 is 0 Å². The minimum atomic E-state index is -0.217. The molecule has 3 nitrogen and oxygen atoms in total. The zero-order valence-corrected chi connectivity index (χ0v) is 12.9. The second-order valence-electron chi connectivity index (χ2n) is 6.01. The number of carbonyl (C=O) groups excluding carboxylic acids is 1. The molecule has 1 fully saturated rings. The molecular weight excluding hydrogens is 248 g/mol. The molecule has 0 saturated carbocycles. The predicted octanol–water partition coefficient (Wildman–Crippen LogP) is 3.13. The first-order valence-electron chi connectivity index (χ1n) is 7.64. The van der Waals surface area contributed by atoms with Crippen molar-refractivity contribution in [1.82, 2.24) is 5.32 Å². The number of anilines is 1. The van der Waals surface area contributed by atoms with E-state index in [2.05, 4.69) is 31.3 Å². The Morgan fingerprint density at radius 1 is 1.45 bits per heavy atom. The van der Waals surface area contributed by atoms with Crippen LogP contribution in [0.3, 0.4) is 0 Å². The smallest absolute Gasteiger partial charge is 0.234 e. The van der Waals surface area contributed by atoms with Crippen molar-refractivity contribution in [3.63, 3.8) is 0 Å². The molecule has 0 spiro atoms. The van der Waals surface area contributed by atoms with Crippen LogP contribution in [0.2, 0.25) is 0 Å². The van der Waals surface area contributed by atoms with Gasteiger partial charge < -0.3 is 10.2 Å². The first-order chi connectivity index (χ1) is 9.59. The summed E-state index contributed by atoms with van der Waals surface area (Å²) in [6.07, 6.45) is 4.11. The van der Waals surface area contributed by atoms with Crippen molar-refractivity contribution in [2.75, 3.05) is 25.0 Å². The van der Waals surface area contributed by atoms with Crippen molar-refractivity contribution in [1.29, 1.82) is 0 Å². The number of nitrogens with one attached hydrogen (secondary N) is 1. The number of hydrogen-bond acceptors (Lipinski definition) is 2. The maximum Gasteiger partial charge on any atom is 0.234 e. The van der Waals surface area contributed by atoms with Gasteiger partial charge in [-0.3, -0.25) is 4.79 Å². The van der Waals surface area contributed by atoms with Crippen LogP contribution in [0.1, 0.15) is 38.2 Å². The lowest BCUT2D eigenvalue weighted by Crippen LogP contribution is -2.51. The molecule has 1 N–H and O–H groups in total. The van der Waals surface area contributed by atoms with Gasteiger partial charge in [-0.2, -0.15) is 0 Å². The molecule has 3 heteroatoms. The van der Waals surface area contributed by atoms with E-state index in [-0.39, 0.29) is 11.3 Å². The van der Waals surface area contributed by atoms with Crippen molar-refractivity contribution in [3.8, 4) is 0 Å². The molecule has 110 valence electrons. The lowest BCUT2D eigenvalue weighted by molar-refractivity contribution is -0.129. The summed E-state index contributed by atoms with van der Waals surface area (Å²) in [4.78, 5) is 14.9. The van der Waals surface area contributed by atoms with Gasteiger partial charge in [0.2, 0.25) is 5.91 Å². The molecule has 1 aromatic carbocycles. The van der Waals surface area contributed by atoms with E-state index in [1.54, 1.807) is 0 Å². The molecule has 1 atom stereocenters. The Kier molecular flexibility index (Phi) is 4.81. The molecule has 20 heavy (non-hydrogen) atoms. The van der Waals surface area contributed by atoms with E-state index in [0.717, 1.165) is 44.5 Å². The fourth-order valence-corrected chi connectivity index (χ4v) is 3.26. The highest BCUT2D eigenvalue weighted by Crippen LogP contribution is 2.34. The average Bonchev–Trinajstić information content (AvgIpc) is 2.47. The molecule has 2 rings (SSSR count). The zero-order chi connectivity index (χ0) is 14.6. The van der Waals surface area contributed by atoms with Gasteiger partial charge in [-0.25, -0.2) is 0 Å². The highest BCUT2D eigenvalue weighted by atomic mass is 16.2. The van der Waals surface area contributed by atoms with Crippen molar-refractivity contribution in [2.45, 2.75) is 39.5 Å². The summed E-state index contributed by atoms with van der Waals surface area (Å²) in [5.41, 5.74) is 1.97. The van der Waals surface area contributed by atoms with Gasteiger partial charge in [0.15, 0.2) is 0 Å². The molecule has 0 aromatic heterocycles. The number of aryl methyl sites for hydroxylation is 1. The maximum absolute atomic E-state index is 13.0. The van der Waals surface area contributed by atoms with E-state index in [1.165, 1.54) is 5.56 Å². The standard InChI is InChI=1S/C17H26N2O/c1-4-9-17(10-6-11-18-13-17)16(20)19(3)15-8-5-7-14(2)12-15/h5,7-8,12,18H,4,6,9-11,13H2,1-3H3. The summed E-state index contributed by atoms with van der Waals surface area (Å²) in [5.74, 6) is 0.261. The van der Waals surface area contributed by atoms with E-state index in [1.807, 2.05) is 24.1 Å². The Morgan fingerprint density at radius 2 is 2.25 bits per heavy atom. The quantitative estimate of drug-likeness (QED) is 0.915. The van der Waals surface area contributed by atoms with Gasteiger partial charge in [-0.1, -0.05) is 25.5 Å². The Balaban J connectivity index is 2.22. The van der Waals surface area contributed by atoms with Gasteiger partial charge in [0.25, 0.3) is 0 Å². The molecule has 0 radical (unpaired) electrons. The lowest BCUT2D eigenvalue weighted by Gasteiger charge is -2.39. The average molecular weight is 274 g/mol. The third kappa shape index (κ3) is 3.04. The summed E-state index contributed by atoms with van der Waals surface area (Å²) in [5, 5.41) is 3.41. The number of carbonyl (C=O) groups is 1. The topological polar surface area (TPSA) is 32.3 Å². The Morgan fingerprint density at radius 3 is 2.85 bits per heavy atom. The SMILES string of the molecule is CCCC1(C(=O)N(C)c2cccc(C)c2)CCCNC1. The molecule has 1 aliphatic rings. The van der Waals surface area contributed by atoms with Gasteiger partial charge >= 0.3 is 0 Å². The van der Waals surface area contributed by atoms with Crippen LogP contribution in [0.15, 0.2) is 24.3 Å². The van der Waals surface area contributed by atoms with Crippen LogP contribution in [0.25, 0.3) is 0 Å². The Hall–Kier alpha value is -1.35. The van der Waals surface area contributed by atoms with Gasteiger partial charge in [0.1, 0.15) is 0 Å². The summed E-state index contributed by atoms with van der Waals surface area (Å²) >= 11 is 0. The molecule has 1 heterocycles. The second kappa shape index (κ2) is 6.40. The first kappa shape index (κ1) is 15.0. The van der Waals surface area contributed by atoms with E-state index in [4.69, 9.17) is 0 Å². The number of hydrogen-bond donors (Lipinski definition) is 1. The molecular formula is C17H26N2O. The number of benzene rings is 1. The highest BCUT2D eigenvalue weighted by Gasteiger charge is 2.40. The minimum absolute atomic E-state index is 0.217. The number of piperidine rings is 1. The van der Waals surface area contributed by atoms with E-state index in [0.29, 0.717) is 0 Å². The molecule has 0 bridgehead atoms. The second-order valence-corrected chi connectivity index (χ2v) is 6.01. The van der Waals surface area contributed by atoms with E-state index < -0.39 is 0 Å². The largest absolute Gasteiger partial charge is 0.316 e. The van der Waals surface area contributed by atoms with E-state index >= 15 is 0 Å². The molecule has 1 amide bonds. The third-order valence-electron chi connectivity index (χ3n) is 4.35. The summed E-state index contributed by atoms with van der Waals surface area (Å²) in [6, 6.07) is 8.17. The van der Waals surface area contributed by atoms with Gasteiger partial charge in [-0.15, -0.1) is 0 Å². The summed E-state index contributed by atoms with van der Waals surface area (Å²) in [7, 11) is 1.91. The van der Waals surface area contributed by atoms with Gasteiger partial charge in [0, 0.05) is 19.3 Å². The van der Waals surface area contributed by atoms with Crippen LogP contribution in [0, 0.1) is 12.3 Å². The first-order valence-corrected chi connectivity index (χ1v) is 7.64. The number of nitrogens with zero attached hydrogens (tertiary/aromatic N) is 1. The maximum atomic E-state index is 13.0. The monoisotopic (exact) mass is 274 g/mol. The normalized spacial score (nSPS) is 22.6. The number of rotatable bonds is 4. The molecule has 1 unspecified atom stereocenters. The molecule has 1 aromatic rings. The summed E-state index contributed by atoms with van der Waals surface area (Å²) in [6.45, 7) is 6.07. The van der Waals surface area contributed by atoms with Crippen molar-refractivity contribution in [2.24, 2.45) is 5.41 Å². The van der Waals surface area contributed by atoms with Crippen molar-refractivity contribution >= 4 is 11.6 Å². The fourth-order valence-electron chi connectivity index (χ4n) is 3.26. The van der Waals surface area contributed by atoms with E-state index in [9.17, 15) is 4.79 Å². The van der Waals surface area contributed by atoms with Crippen LogP contribution < -0.4 is 10.2 Å².